The molecule has 20 heavy (non-hydrogen) atoms. The minimum Gasteiger partial charge on any atom is -0.502 e. The molecule has 2 rings (SSSR count). The minimum absolute atomic E-state index is 0.259. The normalized spacial score (nSPS) is 16.9. The van der Waals surface area contributed by atoms with Crippen molar-refractivity contribution in [3.05, 3.63) is 41.2 Å². The van der Waals surface area contributed by atoms with E-state index in [-0.39, 0.29) is 6.04 Å². The maximum Gasteiger partial charge on any atom is 0.119 e. The zero-order valence-corrected chi connectivity index (χ0v) is 12.6. The molecule has 0 saturated heterocycles. The van der Waals surface area contributed by atoms with E-state index in [9.17, 15) is 0 Å². The lowest BCUT2D eigenvalue weighted by molar-refractivity contribution is 0.277. The number of hydrogen-bond acceptors (Lipinski definition) is 3. The van der Waals surface area contributed by atoms with Crippen molar-refractivity contribution < 1.29 is 9.47 Å². The summed E-state index contributed by atoms with van der Waals surface area (Å²) >= 11 is 0. The number of allylic oxidation sites excluding steroid dienone is 1. The van der Waals surface area contributed by atoms with Crippen molar-refractivity contribution in [1.29, 1.82) is 0 Å². The molecule has 1 aliphatic rings. The van der Waals surface area contributed by atoms with E-state index in [4.69, 9.17) is 15.2 Å². The Morgan fingerprint density at radius 3 is 2.90 bits per heavy atom. The van der Waals surface area contributed by atoms with Gasteiger partial charge in [0.2, 0.25) is 0 Å². The predicted octanol–water partition coefficient (Wildman–Crippen LogP) is 2.99. The number of rotatable bonds is 7. The smallest absolute Gasteiger partial charge is 0.119 e. The van der Waals surface area contributed by atoms with E-state index >= 15 is 0 Å². The number of methoxy groups -OCH3 is 1. The molecule has 0 aromatic heterocycles. The molecule has 0 aliphatic heterocycles. The van der Waals surface area contributed by atoms with Gasteiger partial charge in [0.25, 0.3) is 0 Å². The molecule has 0 fully saturated rings. The van der Waals surface area contributed by atoms with E-state index in [0.29, 0.717) is 6.61 Å². The van der Waals surface area contributed by atoms with Gasteiger partial charge in [-0.05, 0) is 61.4 Å². The topological polar surface area (TPSA) is 44.5 Å². The van der Waals surface area contributed by atoms with Crippen molar-refractivity contribution in [2.24, 2.45) is 5.73 Å². The van der Waals surface area contributed by atoms with Gasteiger partial charge in [0.1, 0.15) is 5.75 Å². The Morgan fingerprint density at radius 2 is 2.20 bits per heavy atom. The molecule has 0 saturated carbocycles. The maximum absolute atomic E-state index is 6.10. The molecule has 0 radical (unpaired) electrons. The van der Waals surface area contributed by atoms with E-state index in [1.54, 1.807) is 7.11 Å². The predicted molar refractivity (Wildman–Crippen MR) is 82.1 cm³/mol. The van der Waals surface area contributed by atoms with Gasteiger partial charge in [0.05, 0.1) is 19.5 Å². The highest BCUT2D eigenvalue weighted by atomic mass is 16.5. The highest BCUT2D eigenvalue weighted by Crippen LogP contribution is 2.31. The van der Waals surface area contributed by atoms with Crippen LogP contribution in [0.15, 0.2) is 24.5 Å². The van der Waals surface area contributed by atoms with Crippen LogP contribution in [-0.4, -0.2) is 19.8 Å². The van der Waals surface area contributed by atoms with Gasteiger partial charge in [-0.3, -0.25) is 0 Å². The van der Waals surface area contributed by atoms with E-state index < -0.39 is 0 Å². The van der Waals surface area contributed by atoms with Crippen LogP contribution in [0.2, 0.25) is 0 Å². The Morgan fingerprint density at radius 1 is 1.40 bits per heavy atom. The second kappa shape index (κ2) is 6.80. The highest BCUT2D eigenvalue weighted by molar-refractivity contribution is 5.46. The Balaban J connectivity index is 2.12. The van der Waals surface area contributed by atoms with Crippen molar-refractivity contribution in [3.63, 3.8) is 0 Å². The quantitative estimate of drug-likeness (QED) is 0.778. The van der Waals surface area contributed by atoms with Gasteiger partial charge < -0.3 is 15.2 Å². The average Bonchev–Trinajstić information content (AvgIpc) is 2.79. The number of nitrogens with two attached hydrogens (primary N) is 1. The summed E-state index contributed by atoms with van der Waals surface area (Å²) in [4.78, 5) is 0. The lowest BCUT2D eigenvalue weighted by Gasteiger charge is -2.12. The standard InChI is InChI=1S/C17H25NO2/c1-4-20-16-9-13(7-5-6-12(2)19-3)17-11-15(18)8-14(17)10-16/h9-10,15H,2,4-8,11,18H2,1,3H3. The highest BCUT2D eigenvalue weighted by Gasteiger charge is 2.22. The third-order valence-electron chi connectivity index (χ3n) is 3.86. The second-order valence-electron chi connectivity index (χ2n) is 5.42. The second-order valence-corrected chi connectivity index (χ2v) is 5.42. The summed E-state index contributed by atoms with van der Waals surface area (Å²) < 4.78 is 10.8. The fraction of sp³-hybridized carbons (Fsp3) is 0.529. The van der Waals surface area contributed by atoms with Crippen molar-refractivity contribution >= 4 is 0 Å². The molecule has 1 atom stereocenters. The number of ether oxygens (including phenoxy) is 2. The van der Waals surface area contributed by atoms with Crippen molar-refractivity contribution in [3.8, 4) is 5.75 Å². The molecule has 1 aromatic carbocycles. The molecule has 1 aliphatic carbocycles. The number of fused-ring (bicyclic) bond motifs is 1. The molecule has 110 valence electrons. The summed E-state index contributed by atoms with van der Waals surface area (Å²) in [7, 11) is 1.68. The molecule has 0 amide bonds. The van der Waals surface area contributed by atoms with Gasteiger partial charge in [-0.25, -0.2) is 0 Å². The zero-order chi connectivity index (χ0) is 14.5. The van der Waals surface area contributed by atoms with E-state index in [2.05, 4.69) is 18.7 Å². The molecule has 3 heteroatoms. The van der Waals surface area contributed by atoms with Gasteiger partial charge >= 0.3 is 0 Å². The summed E-state index contributed by atoms with van der Waals surface area (Å²) in [5, 5.41) is 0. The Labute approximate surface area is 121 Å². The lowest BCUT2D eigenvalue weighted by Crippen LogP contribution is -2.19. The van der Waals surface area contributed by atoms with Gasteiger partial charge in [0, 0.05) is 12.5 Å². The minimum atomic E-state index is 0.259. The van der Waals surface area contributed by atoms with Crippen LogP contribution in [0.25, 0.3) is 0 Å². The first-order valence-corrected chi connectivity index (χ1v) is 7.38. The first kappa shape index (κ1) is 14.9. The molecule has 0 bridgehead atoms. The number of hydrogen-bond donors (Lipinski definition) is 1. The summed E-state index contributed by atoms with van der Waals surface area (Å²) in [5.41, 5.74) is 10.3. The fourth-order valence-electron chi connectivity index (χ4n) is 2.88. The molecule has 1 aromatic rings. The Kier molecular flexibility index (Phi) is 5.07. The van der Waals surface area contributed by atoms with Crippen LogP contribution in [0.5, 0.6) is 5.75 Å². The fourth-order valence-corrected chi connectivity index (χ4v) is 2.88. The summed E-state index contributed by atoms with van der Waals surface area (Å²) in [6.07, 6.45) is 4.93. The third-order valence-corrected chi connectivity index (χ3v) is 3.86. The van der Waals surface area contributed by atoms with Gasteiger partial charge in [0.15, 0.2) is 0 Å². The van der Waals surface area contributed by atoms with E-state index in [1.165, 1.54) is 16.7 Å². The third kappa shape index (κ3) is 3.54. The van der Waals surface area contributed by atoms with Crippen LogP contribution in [-0.2, 0) is 24.0 Å². The molecule has 3 nitrogen and oxygen atoms in total. The SMILES string of the molecule is C=C(CCCc1cc(OCC)cc2c1CC(N)C2)OC. The summed E-state index contributed by atoms with van der Waals surface area (Å²) in [6.45, 7) is 6.58. The number of benzene rings is 1. The molecular formula is C17H25NO2. The van der Waals surface area contributed by atoms with Crippen molar-refractivity contribution in [1.82, 2.24) is 0 Å². The van der Waals surface area contributed by atoms with Crippen LogP contribution in [0.3, 0.4) is 0 Å². The van der Waals surface area contributed by atoms with Crippen LogP contribution in [0.4, 0.5) is 0 Å². The molecule has 0 heterocycles. The first-order valence-electron chi connectivity index (χ1n) is 7.38. The molecule has 0 spiro atoms. The average molecular weight is 275 g/mol. The largest absolute Gasteiger partial charge is 0.502 e. The van der Waals surface area contributed by atoms with Crippen LogP contribution in [0, 0.1) is 0 Å². The van der Waals surface area contributed by atoms with Gasteiger partial charge in [-0.2, -0.15) is 0 Å². The van der Waals surface area contributed by atoms with Crippen LogP contribution in [0.1, 0.15) is 36.5 Å². The number of aryl methyl sites for hydroxylation is 1. The monoisotopic (exact) mass is 275 g/mol. The maximum atomic E-state index is 6.10. The zero-order valence-electron chi connectivity index (χ0n) is 12.6. The van der Waals surface area contributed by atoms with Crippen LogP contribution < -0.4 is 10.5 Å². The lowest BCUT2D eigenvalue weighted by atomic mass is 9.98. The van der Waals surface area contributed by atoms with E-state index in [0.717, 1.165) is 43.6 Å². The summed E-state index contributed by atoms with van der Waals surface area (Å²) in [5.74, 6) is 1.82. The first-order chi connectivity index (χ1) is 9.63. The Hall–Kier alpha value is -1.48. The van der Waals surface area contributed by atoms with Gasteiger partial charge in [-0.15, -0.1) is 0 Å². The van der Waals surface area contributed by atoms with Gasteiger partial charge in [-0.1, -0.05) is 6.58 Å². The summed E-state index contributed by atoms with van der Waals surface area (Å²) in [6, 6.07) is 4.59. The van der Waals surface area contributed by atoms with E-state index in [1.807, 2.05) is 6.92 Å². The molecule has 2 N–H and O–H groups in total. The van der Waals surface area contributed by atoms with Crippen molar-refractivity contribution in [2.45, 2.75) is 45.1 Å². The van der Waals surface area contributed by atoms with Crippen LogP contribution >= 0.6 is 0 Å². The Bertz CT molecular complexity index is 482. The molecule has 1 unspecified atom stereocenters. The van der Waals surface area contributed by atoms with Crippen molar-refractivity contribution in [2.75, 3.05) is 13.7 Å². The molecular weight excluding hydrogens is 250 g/mol.